The van der Waals surface area contributed by atoms with Crippen LogP contribution in [0.4, 0.5) is 24.5 Å². The van der Waals surface area contributed by atoms with Gasteiger partial charge in [0.05, 0.1) is 16.9 Å². The third-order valence-corrected chi connectivity index (χ3v) is 6.07. The zero-order valence-electron chi connectivity index (χ0n) is 18.5. The van der Waals surface area contributed by atoms with Gasteiger partial charge in [0.25, 0.3) is 0 Å². The van der Waals surface area contributed by atoms with Gasteiger partial charge in [-0.05, 0) is 50.3 Å². The van der Waals surface area contributed by atoms with Crippen molar-refractivity contribution in [1.82, 2.24) is 4.90 Å². The summed E-state index contributed by atoms with van der Waals surface area (Å²) in [5, 5.41) is 2.78. The molecule has 0 saturated carbocycles. The number of carbonyl (C=O) groups excluding carboxylic acids is 2. The first kappa shape index (κ1) is 23.4. The average Bonchev–Trinajstić information content (AvgIpc) is 2.72. The van der Waals surface area contributed by atoms with Gasteiger partial charge in [-0.3, -0.25) is 9.59 Å². The SMILES string of the molecule is CC(C)(C)C(=O)N1CCC(C(=O)Nc2cc(C(F)(F)F)ccc2N2CCCCC2)CC1. The summed E-state index contributed by atoms with van der Waals surface area (Å²) < 4.78 is 39.9. The maximum absolute atomic E-state index is 13.3. The number of nitrogens with zero attached hydrogens (tertiary/aromatic N) is 2. The maximum Gasteiger partial charge on any atom is 0.416 e. The average molecular weight is 440 g/mol. The number of nitrogens with one attached hydrogen (secondary N) is 1. The Hall–Kier alpha value is -2.25. The second-order valence-electron chi connectivity index (χ2n) is 9.58. The van der Waals surface area contributed by atoms with Crippen LogP contribution in [0.15, 0.2) is 18.2 Å². The summed E-state index contributed by atoms with van der Waals surface area (Å²) in [5.74, 6) is -0.551. The number of anilines is 2. The Kier molecular flexibility index (Phi) is 6.86. The molecule has 2 saturated heterocycles. The number of piperidine rings is 2. The Morgan fingerprint density at radius 1 is 0.968 bits per heavy atom. The van der Waals surface area contributed by atoms with Crippen molar-refractivity contribution < 1.29 is 22.8 Å². The molecule has 2 aliphatic heterocycles. The van der Waals surface area contributed by atoms with Crippen molar-refractivity contribution in [2.75, 3.05) is 36.4 Å². The third-order valence-electron chi connectivity index (χ3n) is 6.07. The zero-order valence-corrected chi connectivity index (χ0v) is 18.5. The molecule has 1 N–H and O–H groups in total. The minimum absolute atomic E-state index is 0.0524. The number of rotatable bonds is 3. The number of hydrogen-bond donors (Lipinski definition) is 1. The molecule has 8 heteroatoms. The lowest BCUT2D eigenvalue weighted by Gasteiger charge is -2.35. The van der Waals surface area contributed by atoms with Crippen LogP contribution in [0.3, 0.4) is 0 Å². The first-order valence-corrected chi connectivity index (χ1v) is 11.0. The summed E-state index contributed by atoms with van der Waals surface area (Å²) in [6.07, 6.45) is -0.399. The van der Waals surface area contributed by atoms with E-state index in [1.165, 1.54) is 6.07 Å². The Labute approximate surface area is 182 Å². The Morgan fingerprint density at radius 2 is 1.58 bits per heavy atom. The van der Waals surface area contributed by atoms with E-state index in [4.69, 9.17) is 0 Å². The Bertz CT molecular complexity index is 803. The normalized spacial score (nSPS) is 18.8. The lowest BCUT2D eigenvalue weighted by atomic mass is 9.90. The Balaban J connectivity index is 1.73. The number of halogens is 3. The molecule has 1 aromatic carbocycles. The summed E-state index contributed by atoms with van der Waals surface area (Å²) in [6.45, 7) is 8.09. The molecule has 1 aromatic rings. The molecule has 2 heterocycles. The summed E-state index contributed by atoms with van der Waals surface area (Å²) in [6, 6.07) is 3.59. The first-order chi connectivity index (χ1) is 14.5. The third kappa shape index (κ3) is 5.71. The Morgan fingerprint density at radius 3 is 2.13 bits per heavy atom. The van der Waals surface area contributed by atoms with Crippen molar-refractivity contribution in [2.24, 2.45) is 11.3 Å². The van der Waals surface area contributed by atoms with Gasteiger partial charge < -0.3 is 15.1 Å². The van der Waals surface area contributed by atoms with E-state index in [-0.39, 0.29) is 23.4 Å². The fraction of sp³-hybridized carbons (Fsp3) is 0.652. The van der Waals surface area contributed by atoms with Crippen molar-refractivity contribution in [3.8, 4) is 0 Å². The zero-order chi connectivity index (χ0) is 22.8. The van der Waals surface area contributed by atoms with Crippen molar-refractivity contribution >= 4 is 23.2 Å². The van der Waals surface area contributed by atoms with E-state index >= 15 is 0 Å². The standard InChI is InChI=1S/C23H32F3N3O2/c1-22(2,3)21(31)29-13-9-16(10-14-29)20(30)27-18-15-17(23(24,25)26)7-8-19(18)28-11-5-4-6-12-28/h7-8,15-16H,4-6,9-14H2,1-3H3,(H,27,30). The molecule has 31 heavy (non-hydrogen) atoms. The van der Waals surface area contributed by atoms with Crippen molar-refractivity contribution in [3.63, 3.8) is 0 Å². The summed E-state index contributed by atoms with van der Waals surface area (Å²) in [7, 11) is 0. The van der Waals surface area contributed by atoms with Gasteiger partial charge >= 0.3 is 6.18 Å². The van der Waals surface area contributed by atoms with Gasteiger partial charge in [0, 0.05) is 37.5 Å². The van der Waals surface area contributed by atoms with Gasteiger partial charge in [-0.25, -0.2) is 0 Å². The van der Waals surface area contributed by atoms with E-state index in [0.717, 1.165) is 44.5 Å². The van der Waals surface area contributed by atoms with Gasteiger partial charge in [0.15, 0.2) is 0 Å². The molecule has 0 unspecified atom stereocenters. The molecule has 0 aliphatic carbocycles. The van der Waals surface area contributed by atoms with E-state index in [1.54, 1.807) is 4.90 Å². The number of hydrogen-bond acceptors (Lipinski definition) is 3. The fourth-order valence-electron chi connectivity index (χ4n) is 4.28. The highest BCUT2D eigenvalue weighted by Crippen LogP contribution is 2.37. The van der Waals surface area contributed by atoms with Crippen LogP contribution in [0.2, 0.25) is 0 Å². The number of likely N-dealkylation sites (tertiary alicyclic amines) is 1. The minimum atomic E-state index is -4.47. The van der Waals surface area contributed by atoms with E-state index in [1.807, 2.05) is 25.7 Å². The number of alkyl halides is 3. The van der Waals surface area contributed by atoms with Gasteiger partial charge in [0.2, 0.25) is 11.8 Å². The summed E-state index contributed by atoms with van der Waals surface area (Å²) >= 11 is 0. The van der Waals surface area contributed by atoms with Gasteiger partial charge in [-0.1, -0.05) is 20.8 Å². The highest BCUT2D eigenvalue weighted by Gasteiger charge is 2.34. The fourth-order valence-corrected chi connectivity index (χ4v) is 4.28. The minimum Gasteiger partial charge on any atom is -0.370 e. The first-order valence-electron chi connectivity index (χ1n) is 11.0. The summed E-state index contributed by atoms with van der Waals surface area (Å²) in [5.41, 5.74) is -0.387. The van der Waals surface area contributed by atoms with Crippen LogP contribution in [-0.2, 0) is 15.8 Å². The molecule has 2 amide bonds. The molecule has 0 bridgehead atoms. The molecule has 0 spiro atoms. The van der Waals surface area contributed by atoms with E-state index < -0.39 is 17.2 Å². The second-order valence-corrected chi connectivity index (χ2v) is 9.58. The lowest BCUT2D eigenvalue weighted by Crippen LogP contribution is -2.45. The smallest absolute Gasteiger partial charge is 0.370 e. The maximum atomic E-state index is 13.3. The van der Waals surface area contributed by atoms with Crippen LogP contribution in [-0.4, -0.2) is 42.9 Å². The highest BCUT2D eigenvalue weighted by atomic mass is 19.4. The monoisotopic (exact) mass is 439 g/mol. The van der Waals surface area contributed by atoms with Gasteiger partial charge in [-0.2, -0.15) is 13.2 Å². The quantitative estimate of drug-likeness (QED) is 0.728. The molecule has 2 aliphatic rings. The predicted octanol–water partition coefficient (Wildman–Crippen LogP) is 4.92. The van der Waals surface area contributed by atoms with Crippen molar-refractivity contribution in [1.29, 1.82) is 0 Å². The van der Waals surface area contributed by atoms with Crippen LogP contribution in [0.1, 0.15) is 58.4 Å². The number of benzene rings is 1. The van der Waals surface area contributed by atoms with Gasteiger partial charge in [0.1, 0.15) is 0 Å². The molecular weight excluding hydrogens is 407 g/mol. The predicted molar refractivity (Wildman–Crippen MR) is 115 cm³/mol. The topological polar surface area (TPSA) is 52.7 Å². The van der Waals surface area contributed by atoms with E-state index in [2.05, 4.69) is 5.32 Å². The summed E-state index contributed by atoms with van der Waals surface area (Å²) in [4.78, 5) is 29.2. The second kappa shape index (κ2) is 9.09. The molecule has 0 atom stereocenters. The van der Waals surface area contributed by atoms with Crippen molar-refractivity contribution in [3.05, 3.63) is 23.8 Å². The largest absolute Gasteiger partial charge is 0.416 e. The van der Waals surface area contributed by atoms with Crippen molar-refractivity contribution in [2.45, 2.75) is 59.1 Å². The molecular formula is C23H32F3N3O2. The number of carbonyl (C=O) groups is 2. The van der Waals surface area contributed by atoms with E-state index in [9.17, 15) is 22.8 Å². The number of amides is 2. The van der Waals surface area contributed by atoms with Crippen LogP contribution in [0.25, 0.3) is 0 Å². The van der Waals surface area contributed by atoms with Crippen LogP contribution < -0.4 is 10.2 Å². The van der Waals surface area contributed by atoms with E-state index in [0.29, 0.717) is 31.6 Å². The van der Waals surface area contributed by atoms with Crippen LogP contribution >= 0.6 is 0 Å². The molecule has 2 fully saturated rings. The molecule has 3 rings (SSSR count). The molecule has 0 aromatic heterocycles. The lowest BCUT2D eigenvalue weighted by molar-refractivity contribution is -0.142. The van der Waals surface area contributed by atoms with Crippen LogP contribution in [0.5, 0.6) is 0 Å². The van der Waals surface area contributed by atoms with Crippen LogP contribution in [0, 0.1) is 11.3 Å². The highest BCUT2D eigenvalue weighted by molar-refractivity contribution is 5.96. The van der Waals surface area contributed by atoms with Gasteiger partial charge in [-0.15, -0.1) is 0 Å². The molecule has 0 radical (unpaired) electrons. The molecule has 172 valence electrons. The molecule has 5 nitrogen and oxygen atoms in total.